The Morgan fingerprint density at radius 3 is 2.40 bits per heavy atom. The van der Waals surface area contributed by atoms with Gasteiger partial charge < -0.3 is 24.3 Å². The van der Waals surface area contributed by atoms with Gasteiger partial charge >= 0.3 is 5.97 Å². The summed E-state index contributed by atoms with van der Waals surface area (Å²) in [6.07, 6.45) is 0. The summed E-state index contributed by atoms with van der Waals surface area (Å²) in [6, 6.07) is 14.6. The zero-order valence-electron chi connectivity index (χ0n) is 17.0. The van der Waals surface area contributed by atoms with Crippen LogP contribution in [-0.4, -0.2) is 63.4 Å². The Kier molecular flexibility index (Phi) is 8.05. The molecule has 0 aliphatic carbocycles. The second-order valence-corrected chi connectivity index (χ2v) is 6.73. The van der Waals surface area contributed by atoms with E-state index in [0.29, 0.717) is 17.2 Å². The second kappa shape index (κ2) is 11.2. The van der Waals surface area contributed by atoms with E-state index < -0.39 is 11.9 Å². The first-order chi connectivity index (χ1) is 14.6. The minimum Gasteiger partial charge on any atom is -0.493 e. The van der Waals surface area contributed by atoms with Gasteiger partial charge in [-0.1, -0.05) is 24.3 Å². The molecule has 1 N–H and O–H groups in total. The van der Waals surface area contributed by atoms with Crippen LogP contribution < -0.4 is 14.8 Å². The van der Waals surface area contributed by atoms with Gasteiger partial charge in [0.05, 0.1) is 20.3 Å². The third kappa shape index (κ3) is 6.75. The van der Waals surface area contributed by atoms with Gasteiger partial charge in [-0.3, -0.25) is 9.69 Å². The number of carbonyl (C=O) groups is 2. The number of amides is 1. The predicted octanol–water partition coefficient (Wildman–Crippen LogP) is 2.09. The van der Waals surface area contributed by atoms with Crippen molar-refractivity contribution in [1.82, 2.24) is 4.90 Å². The zero-order valence-corrected chi connectivity index (χ0v) is 17.0. The lowest BCUT2D eigenvalue weighted by atomic mass is 10.2. The SMILES string of the molecule is COc1ccccc1OCC(=O)OCC(=O)Nc1ccc(CN2CCOCC2)cc1. The highest BCUT2D eigenvalue weighted by molar-refractivity contribution is 5.92. The highest BCUT2D eigenvalue weighted by Crippen LogP contribution is 2.25. The number of morpholine rings is 1. The topological polar surface area (TPSA) is 86.3 Å². The molecule has 0 radical (unpaired) electrons. The van der Waals surface area contributed by atoms with Crippen LogP contribution in [0.25, 0.3) is 0 Å². The smallest absolute Gasteiger partial charge is 0.344 e. The van der Waals surface area contributed by atoms with E-state index in [1.165, 1.54) is 7.11 Å². The second-order valence-electron chi connectivity index (χ2n) is 6.73. The van der Waals surface area contributed by atoms with E-state index in [1.807, 2.05) is 24.3 Å². The van der Waals surface area contributed by atoms with Crippen molar-refractivity contribution in [2.75, 3.05) is 51.9 Å². The molecule has 1 amide bonds. The third-order valence-electron chi connectivity index (χ3n) is 4.53. The fourth-order valence-corrected chi connectivity index (χ4v) is 2.97. The number of hydrogen-bond acceptors (Lipinski definition) is 7. The number of methoxy groups -OCH3 is 1. The molecule has 1 aliphatic heterocycles. The third-order valence-corrected chi connectivity index (χ3v) is 4.53. The van der Waals surface area contributed by atoms with Gasteiger partial charge in [-0.05, 0) is 29.8 Å². The maximum absolute atomic E-state index is 12.0. The van der Waals surface area contributed by atoms with Crippen molar-refractivity contribution in [3.63, 3.8) is 0 Å². The lowest BCUT2D eigenvalue weighted by Gasteiger charge is -2.26. The average molecular weight is 414 g/mol. The van der Waals surface area contributed by atoms with Crippen LogP contribution in [0, 0.1) is 0 Å². The predicted molar refractivity (Wildman–Crippen MR) is 111 cm³/mol. The van der Waals surface area contributed by atoms with Crippen LogP contribution in [0.5, 0.6) is 11.5 Å². The molecule has 1 saturated heterocycles. The van der Waals surface area contributed by atoms with Gasteiger partial charge in [-0.2, -0.15) is 0 Å². The van der Waals surface area contributed by atoms with Gasteiger partial charge in [0.25, 0.3) is 5.91 Å². The van der Waals surface area contributed by atoms with Crippen molar-refractivity contribution in [3.05, 3.63) is 54.1 Å². The lowest BCUT2D eigenvalue weighted by molar-refractivity contribution is -0.149. The summed E-state index contributed by atoms with van der Waals surface area (Å²) < 4.78 is 20.8. The van der Waals surface area contributed by atoms with Crippen molar-refractivity contribution >= 4 is 17.6 Å². The fraction of sp³-hybridized carbons (Fsp3) is 0.364. The molecular weight excluding hydrogens is 388 g/mol. The van der Waals surface area contributed by atoms with Crippen LogP contribution in [0.2, 0.25) is 0 Å². The highest BCUT2D eigenvalue weighted by Gasteiger charge is 2.12. The van der Waals surface area contributed by atoms with E-state index in [4.69, 9.17) is 18.9 Å². The minimum absolute atomic E-state index is 0.316. The molecule has 160 valence electrons. The maximum atomic E-state index is 12.0. The Hall–Kier alpha value is -3.10. The van der Waals surface area contributed by atoms with Crippen LogP contribution >= 0.6 is 0 Å². The van der Waals surface area contributed by atoms with E-state index >= 15 is 0 Å². The van der Waals surface area contributed by atoms with Gasteiger partial charge in [0.15, 0.2) is 24.7 Å². The Balaban J connectivity index is 1.38. The fourth-order valence-electron chi connectivity index (χ4n) is 2.97. The number of esters is 1. The van der Waals surface area contributed by atoms with Gasteiger partial charge in [-0.15, -0.1) is 0 Å². The average Bonchev–Trinajstić information content (AvgIpc) is 2.78. The molecule has 0 spiro atoms. The lowest BCUT2D eigenvalue weighted by Crippen LogP contribution is -2.35. The van der Waals surface area contributed by atoms with Crippen molar-refractivity contribution in [1.29, 1.82) is 0 Å². The number of nitrogens with zero attached hydrogens (tertiary/aromatic N) is 1. The van der Waals surface area contributed by atoms with Crippen molar-refractivity contribution < 1.29 is 28.5 Å². The van der Waals surface area contributed by atoms with Crippen LogP contribution in [0.3, 0.4) is 0 Å². The molecule has 8 nitrogen and oxygen atoms in total. The van der Waals surface area contributed by atoms with E-state index in [0.717, 1.165) is 38.4 Å². The largest absolute Gasteiger partial charge is 0.493 e. The molecule has 0 unspecified atom stereocenters. The number of rotatable bonds is 9. The van der Waals surface area contributed by atoms with Gasteiger partial charge in [0, 0.05) is 25.3 Å². The first kappa shape index (κ1) is 21.6. The van der Waals surface area contributed by atoms with Crippen LogP contribution in [-0.2, 0) is 25.6 Å². The van der Waals surface area contributed by atoms with Gasteiger partial charge in [0.1, 0.15) is 0 Å². The van der Waals surface area contributed by atoms with Gasteiger partial charge in [0.2, 0.25) is 0 Å². The van der Waals surface area contributed by atoms with E-state index in [-0.39, 0.29) is 13.2 Å². The van der Waals surface area contributed by atoms with Crippen LogP contribution in [0.4, 0.5) is 5.69 Å². The quantitative estimate of drug-likeness (QED) is 0.629. The Morgan fingerprint density at radius 1 is 1.00 bits per heavy atom. The molecule has 1 aliphatic rings. The number of nitrogens with one attached hydrogen (secondary N) is 1. The molecule has 1 fully saturated rings. The minimum atomic E-state index is -0.642. The summed E-state index contributed by atoms with van der Waals surface area (Å²) in [4.78, 5) is 26.2. The molecule has 0 aromatic heterocycles. The van der Waals surface area contributed by atoms with E-state index in [1.54, 1.807) is 24.3 Å². The molecule has 1 heterocycles. The first-order valence-electron chi connectivity index (χ1n) is 9.74. The summed E-state index contributed by atoms with van der Waals surface area (Å²) in [5, 5.41) is 2.71. The highest BCUT2D eigenvalue weighted by atomic mass is 16.6. The summed E-state index contributed by atoms with van der Waals surface area (Å²) in [6.45, 7) is 3.51. The first-order valence-corrected chi connectivity index (χ1v) is 9.74. The molecule has 30 heavy (non-hydrogen) atoms. The van der Waals surface area contributed by atoms with Crippen LogP contribution in [0.15, 0.2) is 48.5 Å². The molecular formula is C22H26N2O6. The number of ether oxygens (including phenoxy) is 4. The summed E-state index contributed by atoms with van der Waals surface area (Å²) in [5.41, 5.74) is 1.81. The molecule has 0 saturated carbocycles. The standard InChI is InChI=1S/C22H26N2O6/c1-27-19-4-2-3-5-20(19)29-16-22(26)30-15-21(25)23-18-8-6-17(7-9-18)14-24-10-12-28-13-11-24/h2-9H,10-16H2,1H3,(H,23,25). The molecule has 2 aromatic rings. The summed E-state index contributed by atoms with van der Waals surface area (Å²) in [5.74, 6) is -0.114. The molecule has 3 rings (SSSR count). The van der Waals surface area contributed by atoms with Crippen molar-refractivity contribution in [3.8, 4) is 11.5 Å². The molecule has 2 aromatic carbocycles. The van der Waals surface area contributed by atoms with E-state index in [9.17, 15) is 9.59 Å². The van der Waals surface area contributed by atoms with Crippen LogP contribution in [0.1, 0.15) is 5.56 Å². The summed E-state index contributed by atoms with van der Waals surface area (Å²) >= 11 is 0. The Labute approximate surface area is 175 Å². The number of carbonyl (C=O) groups excluding carboxylic acids is 2. The number of benzene rings is 2. The number of para-hydroxylation sites is 2. The monoisotopic (exact) mass is 414 g/mol. The van der Waals surface area contributed by atoms with Gasteiger partial charge in [-0.25, -0.2) is 4.79 Å². The molecule has 8 heteroatoms. The summed E-state index contributed by atoms with van der Waals surface area (Å²) in [7, 11) is 1.51. The van der Waals surface area contributed by atoms with Crippen molar-refractivity contribution in [2.24, 2.45) is 0 Å². The normalized spacial score (nSPS) is 14.0. The zero-order chi connectivity index (χ0) is 21.2. The Bertz CT molecular complexity index is 834. The molecule has 0 atom stereocenters. The van der Waals surface area contributed by atoms with E-state index in [2.05, 4.69) is 10.2 Å². The number of anilines is 1. The maximum Gasteiger partial charge on any atom is 0.344 e. The Morgan fingerprint density at radius 2 is 1.70 bits per heavy atom. The number of hydrogen-bond donors (Lipinski definition) is 1. The van der Waals surface area contributed by atoms with Crippen molar-refractivity contribution in [2.45, 2.75) is 6.54 Å². The molecule has 0 bridgehead atoms.